The van der Waals surface area contributed by atoms with Crippen LogP contribution in [0.25, 0.3) is 5.69 Å². The number of nitrogens with zero attached hydrogens (tertiary/aromatic N) is 3. The van der Waals surface area contributed by atoms with Gasteiger partial charge in [0.15, 0.2) is 5.69 Å². The Bertz CT molecular complexity index is 761. The minimum absolute atomic E-state index is 0.159. The molecule has 0 spiro atoms. The van der Waals surface area contributed by atoms with Crippen molar-refractivity contribution in [3.63, 3.8) is 0 Å². The molecule has 0 saturated carbocycles. The summed E-state index contributed by atoms with van der Waals surface area (Å²) < 4.78 is 58.2. The van der Waals surface area contributed by atoms with Crippen molar-refractivity contribution in [1.29, 1.82) is 0 Å². The molecule has 0 N–H and O–H groups in total. The summed E-state index contributed by atoms with van der Waals surface area (Å²) in [4.78, 5) is 13.1. The third-order valence-electron chi connectivity index (χ3n) is 3.06. The number of carbonyl (C=O) groups is 1. The topological polar surface area (TPSA) is 47.4 Å². The van der Waals surface area contributed by atoms with Gasteiger partial charge in [0.1, 0.15) is 17.2 Å². The fourth-order valence-electron chi connectivity index (χ4n) is 1.94. The van der Waals surface area contributed by atoms with Gasteiger partial charge in [0.2, 0.25) is 0 Å². The number of carbonyl (C=O) groups excluding carboxylic acids is 1. The van der Waals surface area contributed by atoms with Gasteiger partial charge in [-0.25, -0.2) is 13.9 Å². The Morgan fingerprint density at radius 1 is 1.16 bits per heavy atom. The van der Waals surface area contributed by atoms with E-state index in [4.69, 9.17) is 4.74 Å². The molecule has 0 saturated heterocycles. The molecule has 25 heavy (non-hydrogen) atoms. The Balaban J connectivity index is 2.50. The molecule has 1 heterocycles. The number of hydrogen-bond acceptors (Lipinski definition) is 3. The van der Waals surface area contributed by atoms with Gasteiger partial charge in [-0.05, 0) is 45.0 Å². The molecular formula is C16H17F4N3O2. The molecule has 1 aromatic carbocycles. The van der Waals surface area contributed by atoms with E-state index in [1.807, 2.05) is 0 Å². The molecule has 2 rings (SSSR count). The highest BCUT2D eigenvalue weighted by Crippen LogP contribution is 2.32. The maximum Gasteiger partial charge on any atom is 0.435 e. The van der Waals surface area contributed by atoms with E-state index in [0.29, 0.717) is 0 Å². The van der Waals surface area contributed by atoms with Crippen LogP contribution >= 0.6 is 0 Å². The predicted molar refractivity (Wildman–Crippen MR) is 83.2 cm³/mol. The van der Waals surface area contributed by atoms with Crippen LogP contribution in [0.2, 0.25) is 0 Å². The van der Waals surface area contributed by atoms with Crippen molar-refractivity contribution in [2.45, 2.75) is 32.5 Å². The lowest BCUT2D eigenvalue weighted by atomic mass is 10.2. The maximum atomic E-state index is 13.1. The molecule has 2 aromatic rings. The lowest BCUT2D eigenvalue weighted by Crippen LogP contribution is -2.35. The Morgan fingerprint density at radius 2 is 1.72 bits per heavy atom. The van der Waals surface area contributed by atoms with E-state index < -0.39 is 29.4 Å². The molecule has 1 aromatic heterocycles. The average Bonchev–Trinajstić information content (AvgIpc) is 2.90. The summed E-state index contributed by atoms with van der Waals surface area (Å²) in [5, 5.41) is 3.50. The van der Waals surface area contributed by atoms with Crippen molar-refractivity contribution in [2.75, 3.05) is 11.9 Å². The standard InChI is InChI=1S/C16H17F4N3O2/c1-15(2,3)25-14(24)22(4)13-9-12(16(18,19)20)21-23(13)11-7-5-10(17)6-8-11/h5-9H,1-4H3. The lowest BCUT2D eigenvalue weighted by Gasteiger charge is -2.24. The molecule has 0 bridgehead atoms. The van der Waals surface area contributed by atoms with Gasteiger partial charge >= 0.3 is 12.3 Å². The number of ether oxygens (including phenoxy) is 1. The molecule has 0 radical (unpaired) electrons. The van der Waals surface area contributed by atoms with Crippen molar-refractivity contribution >= 4 is 11.9 Å². The summed E-state index contributed by atoms with van der Waals surface area (Å²) in [5.41, 5.74) is -1.83. The van der Waals surface area contributed by atoms with Crippen molar-refractivity contribution in [2.24, 2.45) is 0 Å². The fourth-order valence-corrected chi connectivity index (χ4v) is 1.94. The van der Waals surface area contributed by atoms with Crippen LogP contribution in [-0.4, -0.2) is 28.5 Å². The van der Waals surface area contributed by atoms with Crippen LogP contribution in [0.1, 0.15) is 26.5 Å². The zero-order chi connectivity index (χ0) is 19.0. The quantitative estimate of drug-likeness (QED) is 0.747. The van der Waals surface area contributed by atoms with Crippen LogP contribution in [-0.2, 0) is 10.9 Å². The van der Waals surface area contributed by atoms with Gasteiger partial charge in [0.05, 0.1) is 5.69 Å². The lowest BCUT2D eigenvalue weighted by molar-refractivity contribution is -0.141. The zero-order valence-electron chi connectivity index (χ0n) is 14.1. The van der Waals surface area contributed by atoms with Crippen LogP contribution in [0.3, 0.4) is 0 Å². The summed E-state index contributed by atoms with van der Waals surface area (Å²) in [6.45, 7) is 4.91. The van der Waals surface area contributed by atoms with E-state index in [9.17, 15) is 22.4 Å². The van der Waals surface area contributed by atoms with Gasteiger partial charge in [-0.3, -0.25) is 4.90 Å². The summed E-state index contributed by atoms with van der Waals surface area (Å²) in [6.07, 6.45) is -5.54. The van der Waals surface area contributed by atoms with E-state index in [0.717, 1.165) is 27.8 Å². The number of halogens is 4. The van der Waals surface area contributed by atoms with Crippen LogP contribution in [0.4, 0.5) is 28.2 Å². The molecule has 0 aliphatic carbocycles. The Kier molecular flexibility index (Phi) is 4.79. The number of aromatic nitrogens is 2. The first kappa shape index (κ1) is 18.8. The number of rotatable bonds is 2. The molecule has 9 heteroatoms. The molecule has 136 valence electrons. The third-order valence-corrected chi connectivity index (χ3v) is 3.06. The summed E-state index contributed by atoms with van der Waals surface area (Å²) in [5.74, 6) is -0.706. The van der Waals surface area contributed by atoms with Crippen LogP contribution < -0.4 is 4.90 Å². The maximum absolute atomic E-state index is 13.1. The Morgan fingerprint density at radius 3 is 2.20 bits per heavy atom. The molecule has 0 unspecified atom stereocenters. The second-order valence-corrected chi connectivity index (χ2v) is 6.31. The summed E-state index contributed by atoms with van der Waals surface area (Å²) in [6, 6.07) is 5.42. The highest BCUT2D eigenvalue weighted by atomic mass is 19.4. The van der Waals surface area contributed by atoms with Crippen LogP contribution in [0, 0.1) is 5.82 Å². The number of anilines is 1. The Labute approximate surface area is 141 Å². The first-order chi connectivity index (χ1) is 11.4. The van der Waals surface area contributed by atoms with E-state index in [-0.39, 0.29) is 11.5 Å². The second kappa shape index (κ2) is 6.38. The van der Waals surface area contributed by atoms with Crippen molar-refractivity contribution in [3.05, 3.63) is 41.8 Å². The normalized spacial score (nSPS) is 12.2. The predicted octanol–water partition coefficient (Wildman–Crippen LogP) is 4.40. The molecule has 0 fully saturated rings. The number of hydrogen-bond donors (Lipinski definition) is 0. The third kappa shape index (κ3) is 4.49. The van der Waals surface area contributed by atoms with Gasteiger partial charge < -0.3 is 4.74 Å². The SMILES string of the molecule is CN(C(=O)OC(C)(C)C)c1cc(C(F)(F)F)nn1-c1ccc(F)cc1. The van der Waals surface area contributed by atoms with Gasteiger partial charge in [0, 0.05) is 13.1 Å². The molecule has 0 atom stereocenters. The summed E-state index contributed by atoms with van der Waals surface area (Å²) >= 11 is 0. The number of amides is 1. The molecule has 0 aliphatic heterocycles. The minimum Gasteiger partial charge on any atom is -0.443 e. The molecule has 0 aliphatic rings. The van der Waals surface area contributed by atoms with Crippen molar-refractivity contribution < 1.29 is 27.1 Å². The monoisotopic (exact) mass is 359 g/mol. The number of benzene rings is 1. The van der Waals surface area contributed by atoms with Gasteiger partial charge in [-0.15, -0.1) is 0 Å². The summed E-state index contributed by atoms with van der Waals surface area (Å²) in [7, 11) is 1.27. The fraction of sp³-hybridized carbons (Fsp3) is 0.375. The molecular weight excluding hydrogens is 342 g/mol. The van der Waals surface area contributed by atoms with Gasteiger partial charge in [-0.2, -0.15) is 18.3 Å². The molecule has 1 amide bonds. The minimum atomic E-state index is -4.70. The van der Waals surface area contributed by atoms with E-state index in [1.165, 1.54) is 19.2 Å². The largest absolute Gasteiger partial charge is 0.443 e. The van der Waals surface area contributed by atoms with E-state index >= 15 is 0 Å². The van der Waals surface area contributed by atoms with E-state index in [2.05, 4.69) is 5.10 Å². The van der Waals surface area contributed by atoms with Gasteiger partial charge in [-0.1, -0.05) is 0 Å². The van der Waals surface area contributed by atoms with Crippen LogP contribution in [0.5, 0.6) is 0 Å². The smallest absolute Gasteiger partial charge is 0.435 e. The van der Waals surface area contributed by atoms with Crippen molar-refractivity contribution in [1.82, 2.24) is 9.78 Å². The second-order valence-electron chi connectivity index (χ2n) is 6.31. The highest BCUT2D eigenvalue weighted by Gasteiger charge is 2.36. The highest BCUT2D eigenvalue weighted by molar-refractivity contribution is 5.86. The van der Waals surface area contributed by atoms with Crippen molar-refractivity contribution in [3.8, 4) is 5.69 Å². The average molecular weight is 359 g/mol. The Hall–Kier alpha value is -2.58. The number of alkyl halides is 3. The first-order valence-corrected chi connectivity index (χ1v) is 7.28. The first-order valence-electron chi connectivity index (χ1n) is 7.28. The zero-order valence-corrected chi connectivity index (χ0v) is 14.1. The molecule has 5 nitrogen and oxygen atoms in total. The van der Waals surface area contributed by atoms with Gasteiger partial charge in [0.25, 0.3) is 0 Å². The van der Waals surface area contributed by atoms with E-state index in [1.54, 1.807) is 20.8 Å². The van der Waals surface area contributed by atoms with Crippen LogP contribution in [0.15, 0.2) is 30.3 Å².